The van der Waals surface area contributed by atoms with Crippen LogP contribution in [0.4, 0.5) is 11.4 Å². The predicted octanol–water partition coefficient (Wildman–Crippen LogP) is 5.44. The fourth-order valence-electron chi connectivity index (χ4n) is 3.83. The molecular formula is C28H33ClN6O. The molecule has 2 rings (SSSR count). The van der Waals surface area contributed by atoms with E-state index in [2.05, 4.69) is 16.0 Å². The molecule has 0 aromatic heterocycles. The van der Waals surface area contributed by atoms with Gasteiger partial charge in [0.15, 0.2) is 0 Å². The molecule has 0 spiro atoms. The first-order valence-electron chi connectivity index (χ1n) is 11.4. The third-order valence-corrected chi connectivity index (χ3v) is 5.68. The lowest BCUT2D eigenvalue weighted by Gasteiger charge is -2.18. The molecule has 2 aromatic rings. The highest BCUT2D eigenvalue weighted by atomic mass is 35.5. The first-order valence-corrected chi connectivity index (χ1v) is 11.7. The Morgan fingerprint density at radius 2 is 1.94 bits per heavy atom. The Hall–Kier alpha value is -4.06. The van der Waals surface area contributed by atoms with Crippen LogP contribution in [0, 0.1) is 12.3 Å². The highest BCUT2D eigenvalue weighted by molar-refractivity contribution is 6.31. The Balaban J connectivity index is 2.74. The summed E-state index contributed by atoms with van der Waals surface area (Å²) < 4.78 is 0. The molecule has 36 heavy (non-hydrogen) atoms. The molecule has 8 heteroatoms. The second-order valence-corrected chi connectivity index (χ2v) is 8.64. The number of hydrogen-bond acceptors (Lipinski definition) is 6. The maximum absolute atomic E-state index is 11.7. The minimum Gasteiger partial charge on any atom is -0.401 e. The number of nitrogens with one attached hydrogen (secondary N) is 2. The largest absolute Gasteiger partial charge is 0.401 e. The molecule has 0 saturated carbocycles. The lowest BCUT2D eigenvalue weighted by Crippen LogP contribution is -2.17. The number of halogens is 1. The number of anilines is 2. The Morgan fingerprint density at radius 3 is 2.58 bits per heavy atom. The molecule has 0 atom stereocenters. The fourth-order valence-corrected chi connectivity index (χ4v) is 4.00. The van der Waals surface area contributed by atoms with Gasteiger partial charge in [0.05, 0.1) is 6.42 Å². The number of nitrogens with zero attached hydrogens (tertiary/aromatic N) is 1. The highest BCUT2D eigenvalue weighted by Crippen LogP contribution is 2.34. The van der Waals surface area contributed by atoms with E-state index in [1.165, 1.54) is 6.21 Å². The third-order valence-electron chi connectivity index (χ3n) is 5.45. The van der Waals surface area contributed by atoms with Gasteiger partial charge in [-0.3, -0.25) is 9.79 Å². The van der Waals surface area contributed by atoms with Crippen molar-refractivity contribution in [3.05, 3.63) is 86.8 Å². The van der Waals surface area contributed by atoms with Crippen molar-refractivity contribution in [1.29, 1.82) is 5.41 Å². The molecule has 0 aliphatic rings. The van der Waals surface area contributed by atoms with E-state index in [4.69, 9.17) is 34.2 Å². The molecule has 0 saturated heterocycles. The minimum absolute atomic E-state index is 0.142. The molecular weight excluding hydrogens is 472 g/mol. The van der Waals surface area contributed by atoms with Crippen molar-refractivity contribution < 1.29 is 4.79 Å². The van der Waals surface area contributed by atoms with Crippen LogP contribution < -0.4 is 22.5 Å². The molecule has 0 aliphatic heterocycles. The van der Waals surface area contributed by atoms with Gasteiger partial charge in [-0.25, -0.2) is 0 Å². The van der Waals surface area contributed by atoms with Gasteiger partial charge in [-0.2, -0.15) is 0 Å². The van der Waals surface area contributed by atoms with Crippen molar-refractivity contribution in [2.45, 2.75) is 34.1 Å². The number of hydrogen-bond donors (Lipinski definition) is 5. The second kappa shape index (κ2) is 13.1. The zero-order chi connectivity index (χ0) is 26.8. The van der Waals surface area contributed by atoms with Gasteiger partial charge in [0.1, 0.15) is 6.67 Å². The van der Waals surface area contributed by atoms with Gasteiger partial charge >= 0.3 is 0 Å². The maximum atomic E-state index is 11.7. The molecule has 0 bridgehead atoms. The molecule has 7 nitrogen and oxygen atoms in total. The SMILES string of the molecule is C/C=C\C=N/CNc1cc(Cl)ccc1C(C)=C=C(C)/C(=C(/N)CC(N)=O)c1c(C)ccc(N)c1C=N. The molecule has 0 unspecified atom stereocenters. The van der Waals surface area contributed by atoms with Gasteiger partial charge in [0, 0.05) is 62.4 Å². The number of benzene rings is 2. The van der Waals surface area contributed by atoms with Crippen molar-refractivity contribution in [3.8, 4) is 0 Å². The predicted molar refractivity (Wildman–Crippen MR) is 153 cm³/mol. The summed E-state index contributed by atoms with van der Waals surface area (Å²) in [5.41, 5.74) is 28.0. The van der Waals surface area contributed by atoms with Crippen molar-refractivity contribution in [1.82, 2.24) is 0 Å². The molecule has 0 heterocycles. The van der Waals surface area contributed by atoms with Crippen LogP contribution >= 0.6 is 11.6 Å². The summed E-state index contributed by atoms with van der Waals surface area (Å²) in [6.45, 7) is 7.97. The van der Waals surface area contributed by atoms with Crippen LogP contribution in [0.15, 0.2) is 64.5 Å². The van der Waals surface area contributed by atoms with E-state index in [1.54, 1.807) is 18.3 Å². The summed E-state index contributed by atoms with van der Waals surface area (Å²) in [6.07, 6.45) is 6.52. The van der Waals surface area contributed by atoms with Crippen molar-refractivity contribution >= 4 is 52.5 Å². The van der Waals surface area contributed by atoms with Crippen LogP contribution in [0.3, 0.4) is 0 Å². The topological polar surface area (TPSA) is 143 Å². The van der Waals surface area contributed by atoms with Crippen LogP contribution in [0.5, 0.6) is 0 Å². The molecule has 0 aliphatic carbocycles. The number of rotatable bonds is 10. The van der Waals surface area contributed by atoms with Gasteiger partial charge in [-0.1, -0.05) is 29.8 Å². The molecule has 1 amide bonds. The fraction of sp³-hybridized carbons (Fsp3) is 0.214. The zero-order valence-electron chi connectivity index (χ0n) is 21.1. The van der Waals surface area contributed by atoms with Crippen molar-refractivity contribution in [3.63, 3.8) is 0 Å². The third kappa shape index (κ3) is 7.22. The lowest BCUT2D eigenvalue weighted by molar-refractivity contribution is -0.117. The van der Waals surface area contributed by atoms with Crippen LogP contribution in [0.25, 0.3) is 11.1 Å². The lowest BCUT2D eigenvalue weighted by atomic mass is 9.88. The molecule has 2 aromatic carbocycles. The number of carbonyl (C=O) groups excluding carboxylic acids is 1. The number of nitrogens with two attached hydrogens (primary N) is 3. The monoisotopic (exact) mass is 504 g/mol. The molecule has 0 radical (unpaired) electrons. The van der Waals surface area contributed by atoms with Crippen LogP contribution in [-0.4, -0.2) is 25.0 Å². The van der Waals surface area contributed by atoms with E-state index in [9.17, 15) is 4.79 Å². The first-order chi connectivity index (χ1) is 17.1. The van der Waals surface area contributed by atoms with Crippen molar-refractivity contribution in [2.24, 2.45) is 16.5 Å². The van der Waals surface area contributed by atoms with Gasteiger partial charge in [-0.05, 0) is 63.1 Å². The summed E-state index contributed by atoms with van der Waals surface area (Å²) >= 11 is 6.25. The maximum Gasteiger partial charge on any atom is 0.223 e. The minimum atomic E-state index is -0.556. The Morgan fingerprint density at radius 1 is 1.22 bits per heavy atom. The quantitative estimate of drug-likeness (QED) is 0.127. The van der Waals surface area contributed by atoms with Crippen LogP contribution in [0.2, 0.25) is 5.02 Å². The Kier molecular flexibility index (Phi) is 10.3. The second-order valence-electron chi connectivity index (χ2n) is 8.21. The summed E-state index contributed by atoms with van der Waals surface area (Å²) in [7, 11) is 0. The standard InChI is InChI=1S/C28H33ClN6O/c1-5-6-11-34-16-35-25-13-20(29)8-9-21(25)18(3)12-19(4)28(24(32)14-26(33)36)27-17(2)7-10-23(31)22(27)15-30/h5-11,13,15,30,35H,14,16,31-32H2,1-4H3,(H2,33,36)/b6-5-,28-24-,30-15?,34-11-. The summed E-state index contributed by atoms with van der Waals surface area (Å²) in [6, 6.07) is 9.14. The summed E-state index contributed by atoms with van der Waals surface area (Å²) in [5.74, 6) is -0.556. The summed E-state index contributed by atoms with van der Waals surface area (Å²) in [4.78, 5) is 16.0. The van der Waals surface area contributed by atoms with Crippen LogP contribution in [-0.2, 0) is 4.79 Å². The Bertz CT molecular complexity index is 1310. The van der Waals surface area contributed by atoms with Crippen molar-refractivity contribution in [2.75, 3.05) is 17.7 Å². The van der Waals surface area contributed by atoms with E-state index >= 15 is 0 Å². The normalized spacial score (nSPS) is 11.8. The van der Waals surface area contributed by atoms with E-state index in [-0.39, 0.29) is 12.1 Å². The average Bonchev–Trinajstić information content (AvgIpc) is 2.81. The van der Waals surface area contributed by atoms with Gasteiger partial charge in [-0.15, -0.1) is 5.73 Å². The zero-order valence-corrected chi connectivity index (χ0v) is 21.8. The number of amides is 1. The number of carbonyl (C=O) groups is 1. The van der Waals surface area contributed by atoms with E-state index in [0.29, 0.717) is 39.7 Å². The number of nitrogen functional groups attached to an aromatic ring is 1. The molecule has 0 fully saturated rings. The molecule has 8 N–H and O–H groups in total. The van der Waals surface area contributed by atoms with E-state index < -0.39 is 5.91 Å². The van der Waals surface area contributed by atoms with Crippen LogP contribution in [0.1, 0.15) is 49.4 Å². The summed E-state index contributed by atoms with van der Waals surface area (Å²) in [5, 5.41) is 11.8. The number of primary amides is 1. The van der Waals surface area contributed by atoms with E-state index in [0.717, 1.165) is 22.4 Å². The average molecular weight is 505 g/mol. The van der Waals surface area contributed by atoms with E-state index in [1.807, 2.05) is 58.0 Å². The Labute approximate surface area is 217 Å². The highest BCUT2D eigenvalue weighted by Gasteiger charge is 2.18. The van der Waals surface area contributed by atoms with Gasteiger partial charge in [0.25, 0.3) is 0 Å². The number of allylic oxidation sites excluding steroid dienone is 4. The number of aliphatic imine (C=N–C) groups is 1. The first kappa shape index (κ1) is 28.2. The smallest absolute Gasteiger partial charge is 0.223 e. The molecule has 188 valence electrons. The van der Waals surface area contributed by atoms with Gasteiger partial charge < -0.3 is 27.9 Å². The number of aryl methyl sites for hydroxylation is 1. The van der Waals surface area contributed by atoms with Gasteiger partial charge in [0.2, 0.25) is 5.91 Å².